The number of halogens is 2. The zero-order chi connectivity index (χ0) is 21.1. The van der Waals surface area contributed by atoms with Crippen molar-refractivity contribution in [2.45, 2.75) is 76.8 Å². The van der Waals surface area contributed by atoms with Crippen LogP contribution >= 0.6 is 23.2 Å². The third kappa shape index (κ3) is 3.29. The molecule has 0 aliphatic heterocycles. The van der Waals surface area contributed by atoms with E-state index in [1.165, 1.54) is 0 Å². The Balaban J connectivity index is 2.00. The Labute approximate surface area is 179 Å². The average molecular weight is 443 g/mol. The van der Waals surface area contributed by atoms with Gasteiger partial charge in [0.1, 0.15) is 17.1 Å². The second-order valence-electron chi connectivity index (χ2n) is 10.3. The lowest BCUT2D eigenvalue weighted by Crippen LogP contribution is -2.61. The highest BCUT2D eigenvalue weighted by Crippen LogP contribution is 2.71. The van der Waals surface area contributed by atoms with Gasteiger partial charge in [-0.1, -0.05) is 44.5 Å². The van der Waals surface area contributed by atoms with E-state index in [9.17, 15) is 9.90 Å². The lowest BCUT2D eigenvalue weighted by atomic mass is 9.62. The third-order valence-corrected chi connectivity index (χ3v) is 9.13. The number of aliphatic hydroxyl groups excluding tert-OH is 1. The van der Waals surface area contributed by atoms with Crippen molar-refractivity contribution in [3.63, 3.8) is 0 Å². The number of rotatable bonds is 6. The number of benzene rings is 1. The predicted octanol–water partition coefficient (Wildman–Crippen LogP) is 5.99. The molecule has 1 aromatic rings. The number of aliphatic hydroxyl groups is 1. The smallest absolute Gasteiger partial charge is 0.185 e. The van der Waals surface area contributed by atoms with Crippen LogP contribution in [0.1, 0.15) is 51.7 Å². The molecule has 1 aromatic carbocycles. The molecule has 3 rings (SSSR count). The minimum absolute atomic E-state index is 0.00978. The first-order valence-electron chi connectivity index (χ1n) is 10.1. The van der Waals surface area contributed by atoms with Gasteiger partial charge in [0.2, 0.25) is 0 Å². The van der Waals surface area contributed by atoms with Crippen LogP contribution in [0.15, 0.2) is 24.3 Å². The van der Waals surface area contributed by atoms with Crippen LogP contribution in [-0.2, 0) is 9.22 Å². The summed E-state index contributed by atoms with van der Waals surface area (Å²) in [5.74, 6) is 0.256. The van der Waals surface area contributed by atoms with Gasteiger partial charge in [0.15, 0.2) is 14.1 Å². The van der Waals surface area contributed by atoms with Gasteiger partial charge in [0, 0.05) is 10.4 Å². The van der Waals surface area contributed by atoms with Crippen molar-refractivity contribution in [1.29, 1.82) is 0 Å². The Kier molecular flexibility index (Phi) is 5.65. The first-order valence-corrected chi connectivity index (χ1v) is 14.3. The molecule has 2 aliphatic rings. The number of hydrogen-bond donors (Lipinski definition) is 1. The SMILES string of the molecule is CC1(C)C2CC[C@@]1(C)C(O[Si](C)(C)C)(C(=O)C(Cl)C(O)c1ccc(Cl)cc1)C2. The first kappa shape index (κ1) is 22.3. The zero-order valence-corrected chi connectivity index (χ0v) is 20.2. The molecule has 3 nitrogen and oxygen atoms in total. The second kappa shape index (κ2) is 7.09. The van der Waals surface area contributed by atoms with Gasteiger partial charge < -0.3 is 9.53 Å². The molecule has 28 heavy (non-hydrogen) atoms. The lowest BCUT2D eigenvalue weighted by Gasteiger charge is -2.51. The van der Waals surface area contributed by atoms with Crippen molar-refractivity contribution < 1.29 is 14.3 Å². The number of carbonyl (C=O) groups is 1. The van der Waals surface area contributed by atoms with E-state index >= 15 is 0 Å². The van der Waals surface area contributed by atoms with Crippen LogP contribution < -0.4 is 0 Å². The van der Waals surface area contributed by atoms with Crippen molar-refractivity contribution in [1.82, 2.24) is 0 Å². The molecule has 5 atom stereocenters. The molecule has 2 bridgehead atoms. The van der Waals surface area contributed by atoms with Gasteiger partial charge in [-0.15, -0.1) is 11.6 Å². The Morgan fingerprint density at radius 3 is 2.21 bits per heavy atom. The summed E-state index contributed by atoms with van der Waals surface area (Å²) >= 11 is 12.6. The summed E-state index contributed by atoms with van der Waals surface area (Å²) in [7, 11) is -2.05. The number of Topliss-reactive ketones (excluding diaryl/α,β-unsaturated/α-hetero) is 1. The number of carbonyl (C=O) groups excluding carboxylic acids is 1. The van der Waals surface area contributed by atoms with Gasteiger partial charge in [-0.2, -0.15) is 0 Å². The maximum atomic E-state index is 13.9. The molecule has 0 saturated heterocycles. The van der Waals surface area contributed by atoms with E-state index in [-0.39, 0.29) is 16.6 Å². The van der Waals surface area contributed by atoms with Gasteiger partial charge >= 0.3 is 0 Å². The molecule has 2 saturated carbocycles. The van der Waals surface area contributed by atoms with Gasteiger partial charge in [-0.25, -0.2) is 0 Å². The zero-order valence-electron chi connectivity index (χ0n) is 17.7. The van der Waals surface area contributed by atoms with Gasteiger partial charge in [-0.05, 0) is 67.9 Å². The van der Waals surface area contributed by atoms with E-state index in [1.54, 1.807) is 24.3 Å². The molecule has 4 unspecified atom stereocenters. The monoisotopic (exact) mass is 442 g/mol. The molecular formula is C22H32Cl2O3Si. The van der Waals surface area contributed by atoms with Crippen LogP contribution in [0.5, 0.6) is 0 Å². The summed E-state index contributed by atoms with van der Waals surface area (Å²) < 4.78 is 6.72. The van der Waals surface area contributed by atoms with Gasteiger partial charge in [0.05, 0.1) is 0 Å². The van der Waals surface area contributed by atoms with E-state index in [0.29, 0.717) is 22.9 Å². The van der Waals surface area contributed by atoms with Gasteiger partial charge in [-0.3, -0.25) is 4.79 Å². The van der Waals surface area contributed by atoms with Crippen molar-refractivity contribution >= 4 is 37.3 Å². The number of fused-ring (bicyclic) bond motifs is 2. The normalized spacial score (nSPS) is 33.7. The lowest BCUT2D eigenvalue weighted by molar-refractivity contribution is -0.153. The van der Waals surface area contributed by atoms with Crippen LogP contribution in [0, 0.1) is 16.7 Å². The van der Waals surface area contributed by atoms with E-state index in [1.807, 2.05) is 0 Å². The molecular weight excluding hydrogens is 411 g/mol. The molecule has 2 aliphatic carbocycles. The Hall–Kier alpha value is -0.393. The summed E-state index contributed by atoms with van der Waals surface area (Å²) in [6, 6.07) is 6.83. The van der Waals surface area contributed by atoms with Crippen molar-refractivity contribution in [2.24, 2.45) is 16.7 Å². The highest BCUT2D eigenvalue weighted by atomic mass is 35.5. The van der Waals surface area contributed by atoms with Crippen LogP contribution in [-0.4, -0.2) is 30.2 Å². The van der Waals surface area contributed by atoms with Crippen molar-refractivity contribution in [2.75, 3.05) is 0 Å². The molecule has 0 aromatic heterocycles. The topological polar surface area (TPSA) is 46.5 Å². The molecule has 0 spiro atoms. The fraction of sp³-hybridized carbons (Fsp3) is 0.682. The largest absolute Gasteiger partial charge is 0.404 e. The van der Waals surface area contributed by atoms with E-state index in [0.717, 1.165) is 12.8 Å². The second-order valence-corrected chi connectivity index (χ2v) is 15.6. The highest BCUT2D eigenvalue weighted by molar-refractivity contribution is 6.70. The summed E-state index contributed by atoms with van der Waals surface area (Å²) in [6.07, 6.45) is 1.65. The number of ketones is 1. The van der Waals surface area contributed by atoms with E-state index < -0.39 is 25.4 Å². The number of alkyl halides is 1. The first-order chi connectivity index (χ1) is 12.8. The molecule has 2 fully saturated rings. The molecule has 6 heteroatoms. The van der Waals surface area contributed by atoms with E-state index in [4.69, 9.17) is 27.6 Å². The molecule has 0 radical (unpaired) electrons. The minimum Gasteiger partial charge on any atom is -0.404 e. The summed E-state index contributed by atoms with van der Waals surface area (Å²) in [5, 5.41) is 10.4. The Morgan fingerprint density at radius 1 is 1.21 bits per heavy atom. The van der Waals surface area contributed by atoms with Crippen LogP contribution in [0.3, 0.4) is 0 Å². The van der Waals surface area contributed by atoms with Crippen molar-refractivity contribution in [3.8, 4) is 0 Å². The fourth-order valence-corrected chi connectivity index (χ4v) is 7.45. The average Bonchev–Trinajstić information content (AvgIpc) is 2.91. The van der Waals surface area contributed by atoms with Crippen molar-refractivity contribution in [3.05, 3.63) is 34.9 Å². The predicted molar refractivity (Wildman–Crippen MR) is 117 cm³/mol. The van der Waals surface area contributed by atoms with Crippen LogP contribution in [0.2, 0.25) is 24.7 Å². The van der Waals surface area contributed by atoms with Crippen LogP contribution in [0.4, 0.5) is 0 Å². The summed E-state index contributed by atoms with van der Waals surface area (Å²) in [6.45, 7) is 13.0. The minimum atomic E-state index is -2.05. The quantitative estimate of drug-likeness (QED) is 0.434. The van der Waals surface area contributed by atoms with Gasteiger partial charge in [0.25, 0.3) is 0 Å². The summed E-state index contributed by atoms with van der Waals surface area (Å²) in [4.78, 5) is 13.9. The molecule has 156 valence electrons. The standard InChI is InChI=1S/C22H32Cl2O3Si/c1-20(2)15-11-12-21(20,3)22(13-15,27-28(4,5)6)19(26)17(24)18(25)14-7-9-16(23)10-8-14/h7-10,15,17-18,25H,11-13H2,1-6H3/t15?,17?,18?,21-,22?/m1/s1. The maximum Gasteiger partial charge on any atom is 0.185 e. The third-order valence-electron chi connectivity index (χ3n) is 7.48. The number of hydrogen-bond acceptors (Lipinski definition) is 3. The van der Waals surface area contributed by atoms with Crippen LogP contribution in [0.25, 0.3) is 0 Å². The summed E-state index contributed by atoms with van der Waals surface area (Å²) in [5.41, 5.74) is -0.656. The maximum absolute atomic E-state index is 13.9. The van der Waals surface area contributed by atoms with E-state index in [2.05, 4.69) is 40.4 Å². The Bertz CT molecular complexity index is 758. The highest BCUT2D eigenvalue weighted by Gasteiger charge is 2.73. The molecule has 0 amide bonds. The Morgan fingerprint density at radius 2 is 1.79 bits per heavy atom. The molecule has 1 N–H and O–H groups in total. The molecule has 0 heterocycles. The fourth-order valence-electron chi connectivity index (χ4n) is 5.54.